The summed E-state index contributed by atoms with van der Waals surface area (Å²) >= 11 is 1.04. The van der Waals surface area contributed by atoms with E-state index in [4.69, 9.17) is 0 Å². The van der Waals surface area contributed by atoms with Crippen molar-refractivity contribution in [3.63, 3.8) is 0 Å². The highest BCUT2D eigenvalue weighted by atomic mass is 32.2. The molecular formula is C22H17F3N2O2S. The molecule has 0 aliphatic heterocycles. The maximum Gasteiger partial charge on any atom is 0.417 e. The van der Waals surface area contributed by atoms with Crippen molar-refractivity contribution in [2.24, 2.45) is 0 Å². The number of halogens is 3. The Morgan fingerprint density at radius 2 is 1.73 bits per heavy atom. The second-order valence-electron chi connectivity index (χ2n) is 6.42. The number of carbonyl (C=O) groups excluding carboxylic acids is 2. The minimum absolute atomic E-state index is 0.131. The highest BCUT2D eigenvalue weighted by Crippen LogP contribution is 2.36. The van der Waals surface area contributed by atoms with Crippen LogP contribution in [0.5, 0.6) is 0 Å². The standard InChI is InChI=1S/C22H17F3N2O2S/c1-14(28)16-8-5-9-18(12-16)27-21(29)20(15-6-3-2-4-7-15)30-19-11-10-17(13-26-19)22(23,24)25/h2-13,20H,1H3,(H,27,29). The molecule has 0 radical (unpaired) electrons. The number of alkyl halides is 3. The molecule has 1 amide bonds. The lowest BCUT2D eigenvalue weighted by Crippen LogP contribution is -2.19. The van der Waals surface area contributed by atoms with Crippen LogP contribution in [0.3, 0.4) is 0 Å². The largest absolute Gasteiger partial charge is 0.417 e. The van der Waals surface area contributed by atoms with Crippen LogP contribution in [0.25, 0.3) is 0 Å². The Morgan fingerprint density at radius 1 is 1.00 bits per heavy atom. The van der Waals surface area contributed by atoms with Crippen molar-refractivity contribution in [2.45, 2.75) is 23.4 Å². The summed E-state index contributed by atoms with van der Waals surface area (Å²) in [5, 5.41) is 2.30. The Labute approximate surface area is 175 Å². The van der Waals surface area contributed by atoms with Crippen LogP contribution in [0.1, 0.15) is 33.7 Å². The third-order valence-corrected chi connectivity index (χ3v) is 5.38. The number of nitrogens with one attached hydrogen (secondary N) is 1. The van der Waals surface area contributed by atoms with E-state index in [-0.39, 0.29) is 16.7 Å². The average molecular weight is 430 g/mol. The van der Waals surface area contributed by atoms with Gasteiger partial charge >= 0.3 is 6.18 Å². The van der Waals surface area contributed by atoms with Gasteiger partial charge in [-0.3, -0.25) is 9.59 Å². The second-order valence-corrected chi connectivity index (χ2v) is 7.54. The molecule has 1 heterocycles. The maximum atomic E-state index is 13.0. The van der Waals surface area contributed by atoms with Gasteiger partial charge in [0.15, 0.2) is 5.78 Å². The van der Waals surface area contributed by atoms with Crippen molar-refractivity contribution < 1.29 is 22.8 Å². The van der Waals surface area contributed by atoms with Gasteiger partial charge in [0.05, 0.1) is 10.6 Å². The lowest BCUT2D eigenvalue weighted by Gasteiger charge is -2.17. The molecular weight excluding hydrogens is 413 g/mol. The van der Waals surface area contributed by atoms with Crippen LogP contribution in [0.4, 0.5) is 18.9 Å². The van der Waals surface area contributed by atoms with Crippen molar-refractivity contribution in [1.82, 2.24) is 4.98 Å². The molecule has 4 nitrogen and oxygen atoms in total. The molecule has 1 N–H and O–H groups in total. The molecule has 8 heteroatoms. The molecule has 1 aromatic heterocycles. The van der Waals surface area contributed by atoms with Gasteiger partial charge in [-0.2, -0.15) is 13.2 Å². The molecule has 1 unspecified atom stereocenters. The van der Waals surface area contributed by atoms with Crippen LogP contribution in [0.15, 0.2) is 78.0 Å². The first kappa shape index (κ1) is 21.6. The van der Waals surface area contributed by atoms with E-state index in [0.717, 1.165) is 24.0 Å². The van der Waals surface area contributed by atoms with Crippen LogP contribution in [-0.4, -0.2) is 16.7 Å². The Morgan fingerprint density at radius 3 is 2.33 bits per heavy atom. The third kappa shape index (κ3) is 5.48. The second kappa shape index (κ2) is 9.13. The smallest absolute Gasteiger partial charge is 0.325 e. The number of nitrogens with zero attached hydrogens (tertiary/aromatic N) is 1. The number of pyridine rings is 1. The van der Waals surface area contributed by atoms with Gasteiger partial charge in [-0.05, 0) is 36.8 Å². The molecule has 30 heavy (non-hydrogen) atoms. The van der Waals surface area contributed by atoms with Gasteiger partial charge in [0, 0.05) is 17.4 Å². The first-order valence-corrected chi connectivity index (χ1v) is 9.79. The fraction of sp³-hybridized carbons (Fsp3) is 0.136. The molecule has 1 atom stereocenters. The molecule has 0 saturated heterocycles. The number of ketones is 1. The Bertz CT molecular complexity index is 1040. The van der Waals surface area contributed by atoms with E-state index in [0.29, 0.717) is 16.8 Å². The number of benzene rings is 2. The number of hydrogen-bond acceptors (Lipinski definition) is 4. The summed E-state index contributed by atoms with van der Waals surface area (Å²) < 4.78 is 38.3. The van der Waals surface area contributed by atoms with Crippen molar-refractivity contribution in [3.05, 3.63) is 89.6 Å². The fourth-order valence-corrected chi connectivity index (χ4v) is 3.62. The first-order chi connectivity index (χ1) is 14.2. The molecule has 0 aliphatic carbocycles. The zero-order chi connectivity index (χ0) is 21.7. The Balaban J connectivity index is 1.85. The van der Waals surface area contributed by atoms with E-state index in [9.17, 15) is 22.8 Å². The van der Waals surface area contributed by atoms with Gasteiger partial charge in [0.25, 0.3) is 0 Å². The van der Waals surface area contributed by atoms with Crippen molar-refractivity contribution in [2.75, 3.05) is 5.32 Å². The average Bonchev–Trinajstić information content (AvgIpc) is 2.72. The summed E-state index contributed by atoms with van der Waals surface area (Å²) in [6.45, 7) is 1.43. The molecule has 0 fully saturated rings. The minimum Gasteiger partial charge on any atom is -0.325 e. The van der Waals surface area contributed by atoms with Gasteiger partial charge in [0.1, 0.15) is 5.25 Å². The molecule has 0 bridgehead atoms. The van der Waals surface area contributed by atoms with Crippen molar-refractivity contribution in [1.29, 1.82) is 0 Å². The molecule has 0 aliphatic rings. The SMILES string of the molecule is CC(=O)c1cccc(NC(=O)C(Sc2ccc(C(F)(F)F)cn2)c2ccccc2)c1. The normalized spacial score (nSPS) is 12.3. The predicted octanol–water partition coefficient (Wildman–Crippen LogP) is 5.78. The zero-order valence-corrected chi connectivity index (χ0v) is 16.6. The number of hydrogen-bond donors (Lipinski definition) is 1. The molecule has 2 aromatic carbocycles. The van der Waals surface area contributed by atoms with Crippen LogP contribution < -0.4 is 5.32 Å². The molecule has 3 rings (SSSR count). The number of amides is 1. The van der Waals surface area contributed by atoms with E-state index in [1.807, 2.05) is 0 Å². The molecule has 154 valence electrons. The maximum absolute atomic E-state index is 13.0. The number of thioether (sulfide) groups is 1. The van der Waals surface area contributed by atoms with Gasteiger partial charge in [-0.15, -0.1) is 0 Å². The van der Waals surface area contributed by atoms with Crippen molar-refractivity contribution in [3.8, 4) is 0 Å². The highest BCUT2D eigenvalue weighted by Gasteiger charge is 2.31. The number of Topliss-reactive ketones (excluding diaryl/α,β-unsaturated/α-hetero) is 1. The third-order valence-electron chi connectivity index (χ3n) is 4.18. The summed E-state index contributed by atoms with van der Waals surface area (Å²) in [4.78, 5) is 28.4. The van der Waals surface area contributed by atoms with E-state index >= 15 is 0 Å². The van der Waals surface area contributed by atoms with Crippen LogP contribution in [0, 0.1) is 0 Å². The van der Waals surface area contributed by atoms with E-state index < -0.39 is 17.0 Å². The summed E-state index contributed by atoms with van der Waals surface area (Å²) in [6, 6.07) is 17.6. The summed E-state index contributed by atoms with van der Waals surface area (Å²) in [6.07, 6.45) is -3.73. The topological polar surface area (TPSA) is 59.1 Å². The lowest BCUT2D eigenvalue weighted by atomic mass is 10.1. The molecule has 0 spiro atoms. The van der Waals surface area contributed by atoms with E-state index in [1.165, 1.54) is 13.0 Å². The van der Waals surface area contributed by atoms with E-state index in [1.54, 1.807) is 54.6 Å². The number of rotatable bonds is 6. The van der Waals surface area contributed by atoms with Gasteiger partial charge in [-0.1, -0.05) is 54.2 Å². The first-order valence-electron chi connectivity index (χ1n) is 8.91. The fourth-order valence-electron chi connectivity index (χ4n) is 2.66. The van der Waals surface area contributed by atoms with Crippen LogP contribution in [0.2, 0.25) is 0 Å². The minimum atomic E-state index is -4.48. The molecule has 3 aromatic rings. The highest BCUT2D eigenvalue weighted by molar-refractivity contribution is 8.00. The van der Waals surface area contributed by atoms with Gasteiger partial charge in [-0.25, -0.2) is 4.98 Å². The zero-order valence-electron chi connectivity index (χ0n) is 15.8. The van der Waals surface area contributed by atoms with Crippen LogP contribution in [-0.2, 0) is 11.0 Å². The number of carbonyl (C=O) groups is 2. The Kier molecular flexibility index (Phi) is 6.56. The summed E-state index contributed by atoms with van der Waals surface area (Å²) in [5.74, 6) is -0.511. The number of anilines is 1. The Hall–Kier alpha value is -3.13. The predicted molar refractivity (Wildman–Crippen MR) is 109 cm³/mol. The van der Waals surface area contributed by atoms with Crippen molar-refractivity contribution >= 4 is 29.1 Å². The summed E-state index contributed by atoms with van der Waals surface area (Å²) in [7, 11) is 0. The van der Waals surface area contributed by atoms with Gasteiger partial charge < -0.3 is 5.32 Å². The monoisotopic (exact) mass is 430 g/mol. The quantitative estimate of drug-likeness (QED) is 0.398. The summed E-state index contributed by atoms with van der Waals surface area (Å²) in [5.41, 5.74) is 0.730. The lowest BCUT2D eigenvalue weighted by molar-refractivity contribution is -0.137. The molecule has 0 saturated carbocycles. The van der Waals surface area contributed by atoms with Crippen LogP contribution >= 0.6 is 11.8 Å². The van der Waals surface area contributed by atoms with E-state index in [2.05, 4.69) is 10.3 Å². The number of aromatic nitrogens is 1. The van der Waals surface area contributed by atoms with Gasteiger partial charge in [0.2, 0.25) is 5.91 Å².